The molecule has 0 saturated carbocycles. The smallest absolute Gasteiger partial charge is 0.227 e. The minimum Gasteiger partial charge on any atom is -0.487 e. The standard InChI is InChI=1S/C20H18N2O2/c23-20-6-3-13-22(20)17-9-11-18(12-10-17)24-14-16-8-7-15-4-1-2-5-19(15)21-16/h1-2,4-5,7-12H,3,6,13-14H2. The van der Waals surface area contributed by atoms with E-state index in [2.05, 4.69) is 11.1 Å². The van der Waals surface area contributed by atoms with Gasteiger partial charge in [-0.1, -0.05) is 24.3 Å². The number of hydrogen-bond acceptors (Lipinski definition) is 3. The predicted octanol–water partition coefficient (Wildman–Crippen LogP) is 3.94. The third kappa shape index (κ3) is 2.95. The van der Waals surface area contributed by atoms with E-state index in [9.17, 15) is 4.79 Å². The van der Waals surface area contributed by atoms with Gasteiger partial charge in [-0.3, -0.25) is 4.79 Å². The molecule has 2 heterocycles. The summed E-state index contributed by atoms with van der Waals surface area (Å²) in [6, 6.07) is 19.8. The molecule has 0 unspecified atom stereocenters. The molecule has 1 fully saturated rings. The molecule has 1 aliphatic heterocycles. The van der Waals surface area contributed by atoms with Crippen LogP contribution in [0.5, 0.6) is 5.75 Å². The molecule has 3 aromatic rings. The van der Waals surface area contributed by atoms with E-state index >= 15 is 0 Å². The highest BCUT2D eigenvalue weighted by molar-refractivity contribution is 5.95. The lowest BCUT2D eigenvalue weighted by Gasteiger charge is -2.16. The van der Waals surface area contributed by atoms with Gasteiger partial charge >= 0.3 is 0 Å². The first-order valence-electron chi connectivity index (χ1n) is 8.17. The lowest BCUT2D eigenvalue weighted by molar-refractivity contribution is -0.117. The van der Waals surface area contributed by atoms with Crippen molar-refractivity contribution in [3.63, 3.8) is 0 Å². The molecule has 0 bridgehead atoms. The van der Waals surface area contributed by atoms with Crippen LogP contribution in [0.4, 0.5) is 5.69 Å². The lowest BCUT2D eigenvalue weighted by atomic mass is 10.2. The Morgan fingerprint density at radius 1 is 1.00 bits per heavy atom. The first kappa shape index (κ1) is 14.7. The van der Waals surface area contributed by atoms with Crippen LogP contribution in [0.15, 0.2) is 60.7 Å². The Kier molecular flexibility index (Phi) is 3.87. The number of pyridine rings is 1. The molecule has 4 rings (SSSR count). The van der Waals surface area contributed by atoms with Gasteiger partial charge in [0.2, 0.25) is 5.91 Å². The molecule has 4 heteroatoms. The van der Waals surface area contributed by atoms with E-state index in [0.717, 1.165) is 41.0 Å². The molecular formula is C20H18N2O2. The highest BCUT2D eigenvalue weighted by atomic mass is 16.5. The highest BCUT2D eigenvalue weighted by Crippen LogP contribution is 2.24. The summed E-state index contributed by atoms with van der Waals surface area (Å²) in [5.41, 5.74) is 2.81. The fourth-order valence-electron chi connectivity index (χ4n) is 2.99. The first-order chi connectivity index (χ1) is 11.8. The molecule has 1 amide bonds. The number of anilines is 1. The van der Waals surface area contributed by atoms with Gasteiger partial charge in [0, 0.05) is 24.0 Å². The Labute approximate surface area is 140 Å². The van der Waals surface area contributed by atoms with Gasteiger partial charge in [-0.2, -0.15) is 0 Å². The average molecular weight is 318 g/mol. The molecule has 0 spiro atoms. The maximum atomic E-state index is 11.8. The van der Waals surface area contributed by atoms with E-state index in [1.165, 1.54) is 0 Å². The maximum absolute atomic E-state index is 11.8. The van der Waals surface area contributed by atoms with Gasteiger partial charge in [0.15, 0.2) is 0 Å². The highest BCUT2D eigenvalue weighted by Gasteiger charge is 2.21. The summed E-state index contributed by atoms with van der Waals surface area (Å²) in [6.07, 6.45) is 1.58. The molecule has 1 aromatic heterocycles. The number of amides is 1. The fraction of sp³-hybridized carbons (Fsp3) is 0.200. The number of ether oxygens (including phenoxy) is 1. The number of rotatable bonds is 4. The molecule has 0 radical (unpaired) electrons. The molecule has 0 N–H and O–H groups in total. The van der Waals surface area contributed by atoms with Gasteiger partial charge in [0.05, 0.1) is 11.2 Å². The zero-order valence-corrected chi connectivity index (χ0v) is 13.3. The molecule has 2 aromatic carbocycles. The number of fused-ring (bicyclic) bond motifs is 1. The van der Waals surface area contributed by atoms with Crippen molar-refractivity contribution in [2.24, 2.45) is 0 Å². The van der Waals surface area contributed by atoms with Crippen LogP contribution in [0.3, 0.4) is 0 Å². The lowest BCUT2D eigenvalue weighted by Crippen LogP contribution is -2.23. The van der Waals surface area contributed by atoms with Crippen molar-refractivity contribution in [1.29, 1.82) is 0 Å². The Hall–Kier alpha value is -2.88. The van der Waals surface area contributed by atoms with Crippen molar-refractivity contribution in [2.75, 3.05) is 11.4 Å². The average Bonchev–Trinajstić information content (AvgIpc) is 3.06. The maximum Gasteiger partial charge on any atom is 0.227 e. The van der Waals surface area contributed by atoms with Crippen LogP contribution in [0.25, 0.3) is 10.9 Å². The summed E-state index contributed by atoms with van der Waals surface area (Å²) in [6.45, 7) is 1.23. The normalized spacial score (nSPS) is 14.3. The summed E-state index contributed by atoms with van der Waals surface area (Å²) in [5, 5.41) is 1.13. The second-order valence-corrected chi connectivity index (χ2v) is 5.93. The third-order valence-electron chi connectivity index (χ3n) is 4.26. The fourth-order valence-corrected chi connectivity index (χ4v) is 2.99. The summed E-state index contributed by atoms with van der Waals surface area (Å²) in [5.74, 6) is 0.976. The van der Waals surface area contributed by atoms with Crippen LogP contribution in [-0.2, 0) is 11.4 Å². The number of carbonyl (C=O) groups excluding carboxylic acids is 1. The number of nitrogens with zero attached hydrogens (tertiary/aromatic N) is 2. The van der Waals surface area contributed by atoms with E-state index in [4.69, 9.17) is 4.74 Å². The summed E-state index contributed by atoms with van der Waals surface area (Å²) < 4.78 is 5.82. The van der Waals surface area contributed by atoms with Crippen molar-refractivity contribution in [2.45, 2.75) is 19.4 Å². The van der Waals surface area contributed by atoms with Crippen LogP contribution in [0, 0.1) is 0 Å². The molecule has 0 atom stereocenters. The second kappa shape index (κ2) is 6.32. The molecular weight excluding hydrogens is 300 g/mol. The Morgan fingerprint density at radius 3 is 2.62 bits per heavy atom. The summed E-state index contributed by atoms with van der Waals surface area (Å²) in [7, 11) is 0. The molecule has 1 aliphatic rings. The van der Waals surface area contributed by atoms with E-state index in [-0.39, 0.29) is 5.91 Å². The SMILES string of the molecule is O=C1CCCN1c1ccc(OCc2ccc3ccccc3n2)cc1. The van der Waals surface area contributed by atoms with Crippen LogP contribution >= 0.6 is 0 Å². The number of para-hydroxylation sites is 1. The molecule has 120 valence electrons. The molecule has 4 nitrogen and oxygen atoms in total. The predicted molar refractivity (Wildman–Crippen MR) is 94.1 cm³/mol. The topological polar surface area (TPSA) is 42.4 Å². The van der Waals surface area contributed by atoms with E-state index in [1.54, 1.807) is 0 Å². The Morgan fingerprint density at radius 2 is 1.83 bits per heavy atom. The van der Waals surface area contributed by atoms with Crippen molar-refractivity contribution in [3.05, 3.63) is 66.4 Å². The zero-order valence-electron chi connectivity index (χ0n) is 13.3. The van der Waals surface area contributed by atoms with Crippen molar-refractivity contribution in [1.82, 2.24) is 4.98 Å². The minimum absolute atomic E-state index is 0.198. The largest absolute Gasteiger partial charge is 0.487 e. The quantitative estimate of drug-likeness (QED) is 0.732. The van der Waals surface area contributed by atoms with Crippen molar-refractivity contribution < 1.29 is 9.53 Å². The molecule has 0 aliphatic carbocycles. The van der Waals surface area contributed by atoms with Gasteiger partial charge < -0.3 is 9.64 Å². The number of hydrogen-bond donors (Lipinski definition) is 0. The van der Waals surface area contributed by atoms with Crippen LogP contribution in [0.1, 0.15) is 18.5 Å². The first-order valence-corrected chi connectivity index (χ1v) is 8.17. The van der Waals surface area contributed by atoms with E-state index in [0.29, 0.717) is 13.0 Å². The van der Waals surface area contributed by atoms with Gasteiger partial charge in [0.25, 0.3) is 0 Å². The van der Waals surface area contributed by atoms with Crippen molar-refractivity contribution in [3.8, 4) is 5.75 Å². The van der Waals surface area contributed by atoms with E-state index in [1.807, 2.05) is 59.5 Å². The minimum atomic E-state index is 0.198. The van der Waals surface area contributed by atoms with Gasteiger partial charge in [0.1, 0.15) is 12.4 Å². The van der Waals surface area contributed by atoms with Crippen LogP contribution < -0.4 is 9.64 Å². The van der Waals surface area contributed by atoms with Crippen molar-refractivity contribution >= 4 is 22.5 Å². The van der Waals surface area contributed by atoms with Gasteiger partial charge in [-0.25, -0.2) is 4.98 Å². The Balaban J connectivity index is 1.44. The monoisotopic (exact) mass is 318 g/mol. The zero-order chi connectivity index (χ0) is 16.4. The second-order valence-electron chi connectivity index (χ2n) is 5.93. The summed E-state index contributed by atoms with van der Waals surface area (Å²) >= 11 is 0. The number of carbonyl (C=O) groups is 1. The molecule has 1 saturated heterocycles. The van der Waals surface area contributed by atoms with Gasteiger partial charge in [-0.15, -0.1) is 0 Å². The summed E-state index contributed by atoms with van der Waals surface area (Å²) in [4.78, 5) is 18.2. The van der Waals surface area contributed by atoms with Crippen LogP contribution in [0.2, 0.25) is 0 Å². The van der Waals surface area contributed by atoms with E-state index < -0.39 is 0 Å². The van der Waals surface area contributed by atoms with Gasteiger partial charge in [-0.05, 0) is 42.8 Å². The number of benzene rings is 2. The Bertz CT molecular complexity index is 874. The van der Waals surface area contributed by atoms with Crippen LogP contribution in [-0.4, -0.2) is 17.4 Å². The third-order valence-corrected chi connectivity index (χ3v) is 4.26. The number of aromatic nitrogens is 1. The molecule has 24 heavy (non-hydrogen) atoms.